The summed E-state index contributed by atoms with van der Waals surface area (Å²) in [6.45, 7) is 0.571. The van der Waals surface area contributed by atoms with E-state index in [-0.39, 0.29) is 30.3 Å². The van der Waals surface area contributed by atoms with Crippen LogP contribution in [0.3, 0.4) is 0 Å². The SMILES string of the molecule is N#C[C@H]1COCCN1C(=O)c1cc(F)c(F)cc1Cl. The fraction of sp³-hybridized carbons (Fsp3) is 0.333. The van der Waals surface area contributed by atoms with Crippen molar-refractivity contribution in [2.24, 2.45) is 0 Å². The normalized spacial score (nSPS) is 19.1. The molecule has 7 heteroatoms. The van der Waals surface area contributed by atoms with Crippen LogP contribution >= 0.6 is 11.6 Å². The highest BCUT2D eigenvalue weighted by atomic mass is 35.5. The largest absolute Gasteiger partial charge is 0.376 e. The second-order valence-electron chi connectivity index (χ2n) is 3.96. The van der Waals surface area contributed by atoms with Crippen molar-refractivity contribution in [2.75, 3.05) is 19.8 Å². The Hall–Kier alpha value is -1.71. The lowest BCUT2D eigenvalue weighted by molar-refractivity contribution is 0.0132. The van der Waals surface area contributed by atoms with Gasteiger partial charge in [0.25, 0.3) is 5.91 Å². The Morgan fingerprint density at radius 1 is 1.47 bits per heavy atom. The molecular weight excluding hydrogens is 278 g/mol. The summed E-state index contributed by atoms with van der Waals surface area (Å²) in [5.41, 5.74) is -0.164. The lowest BCUT2D eigenvalue weighted by Gasteiger charge is -2.31. The molecule has 1 fully saturated rings. The van der Waals surface area contributed by atoms with Gasteiger partial charge < -0.3 is 9.64 Å². The number of halogens is 3. The molecule has 1 atom stereocenters. The quantitative estimate of drug-likeness (QED) is 0.742. The van der Waals surface area contributed by atoms with Crippen LogP contribution in [-0.2, 0) is 4.74 Å². The van der Waals surface area contributed by atoms with Gasteiger partial charge in [0.1, 0.15) is 6.04 Å². The molecule has 1 heterocycles. The molecule has 1 amide bonds. The van der Waals surface area contributed by atoms with Crippen LogP contribution in [-0.4, -0.2) is 36.6 Å². The van der Waals surface area contributed by atoms with E-state index < -0.39 is 23.6 Å². The fourth-order valence-corrected chi connectivity index (χ4v) is 2.03. The maximum absolute atomic E-state index is 13.2. The monoisotopic (exact) mass is 286 g/mol. The second kappa shape index (κ2) is 5.51. The number of benzene rings is 1. The molecule has 4 nitrogen and oxygen atoms in total. The Morgan fingerprint density at radius 2 is 2.16 bits per heavy atom. The predicted octanol–water partition coefficient (Wildman–Crippen LogP) is 1.98. The van der Waals surface area contributed by atoms with Gasteiger partial charge in [-0.1, -0.05) is 11.6 Å². The van der Waals surface area contributed by atoms with Gasteiger partial charge in [0.2, 0.25) is 0 Å². The highest BCUT2D eigenvalue weighted by Gasteiger charge is 2.29. The molecule has 0 unspecified atom stereocenters. The highest BCUT2D eigenvalue weighted by molar-refractivity contribution is 6.33. The Morgan fingerprint density at radius 3 is 2.84 bits per heavy atom. The van der Waals surface area contributed by atoms with Crippen molar-refractivity contribution in [3.05, 3.63) is 34.4 Å². The number of amides is 1. The molecule has 1 aliphatic rings. The molecule has 19 heavy (non-hydrogen) atoms. The number of carbonyl (C=O) groups is 1. The third kappa shape index (κ3) is 2.67. The summed E-state index contributed by atoms with van der Waals surface area (Å²) >= 11 is 5.74. The molecule has 0 radical (unpaired) electrons. The molecule has 0 bridgehead atoms. The first-order chi connectivity index (χ1) is 9.04. The van der Waals surface area contributed by atoms with Crippen LogP contribution in [0.5, 0.6) is 0 Å². The number of carbonyl (C=O) groups excluding carboxylic acids is 1. The number of nitrogens with zero attached hydrogens (tertiary/aromatic N) is 2. The summed E-state index contributed by atoms with van der Waals surface area (Å²) in [4.78, 5) is 13.4. The van der Waals surface area contributed by atoms with E-state index in [0.717, 1.165) is 12.1 Å². The van der Waals surface area contributed by atoms with Gasteiger partial charge in [0.15, 0.2) is 11.6 Å². The number of hydrogen-bond acceptors (Lipinski definition) is 3. The maximum atomic E-state index is 13.2. The molecule has 2 rings (SSSR count). The van der Waals surface area contributed by atoms with E-state index in [2.05, 4.69) is 0 Å². The van der Waals surface area contributed by atoms with Crippen molar-refractivity contribution in [2.45, 2.75) is 6.04 Å². The Bertz CT molecular complexity index is 559. The summed E-state index contributed by atoms with van der Waals surface area (Å²) in [6, 6.07) is 2.64. The maximum Gasteiger partial charge on any atom is 0.256 e. The molecule has 0 N–H and O–H groups in total. The first-order valence-corrected chi connectivity index (χ1v) is 5.85. The van der Waals surface area contributed by atoms with Crippen molar-refractivity contribution in [3.63, 3.8) is 0 Å². The topological polar surface area (TPSA) is 53.3 Å². The van der Waals surface area contributed by atoms with Crippen LogP contribution in [0.2, 0.25) is 5.02 Å². The molecule has 1 saturated heterocycles. The molecule has 1 aliphatic heterocycles. The average Bonchev–Trinajstić information content (AvgIpc) is 2.42. The van der Waals surface area contributed by atoms with Crippen LogP contribution in [0.25, 0.3) is 0 Å². The van der Waals surface area contributed by atoms with Crippen LogP contribution in [0.4, 0.5) is 8.78 Å². The van der Waals surface area contributed by atoms with Crippen molar-refractivity contribution < 1.29 is 18.3 Å². The molecule has 0 spiro atoms. The summed E-state index contributed by atoms with van der Waals surface area (Å²) in [5, 5.41) is 8.75. The summed E-state index contributed by atoms with van der Waals surface area (Å²) in [6.07, 6.45) is 0. The van der Waals surface area contributed by atoms with E-state index >= 15 is 0 Å². The molecule has 0 aliphatic carbocycles. The van der Waals surface area contributed by atoms with Crippen molar-refractivity contribution in [1.29, 1.82) is 5.26 Å². The third-order valence-electron chi connectivity index (χ3n) is 2.78. The fourth-order valence-electron chi connectivity index (χ4n) is 1.79. The predicted molar refractivity (Wildman–Crippen MR) is 62.6 cm³/mol. The minimum atomic E-state index is -1.16. The van der Waals surface area contributed by atoms with Crippen LogP contribution in [0.15, 0.2) is 12.1 Å². The van der Waals surface area contributed by atoms with Gasteiger partial charge in [-0.15, -0.1) is 0 Å². The lowest BCUT2D eigenvalue weighted by Crippen LogP contribution is -2.48. The standard InChI is InChI=1S/C12H9ClF2N2O2/c13-9-4-11(15)10(14)3-8(9)12(18)17-1-2-19-6-7(17)5-16/h3-4,7H,1-2,6H2/t7-/m0/s1. The summed E-state index contributed by atoms with van der Waals surface area (Å²) < 4.78 is 31.2. The molecule has 1 aromatic rings. The number of nitriles is 1. The Balaban J connectivity index is 2.33. The molecular formula is C12H9ClF2N2O2. The van der Waals surface area contributed by atoms with Gasteiger partial charge in [-0.25, -0.2) is 8.78 Å². The third-order valence-corrected chi connectivity index (χ3v) is 3.09. The summed E-state index contributed by atoms with van der Waals surface area (Å²) in [7, 11) is 0. The second-order valence-corrected chi connectivity index (χ2v) is 4.37. The van der Waals surface area contributed by atoms with Gasteiger partial charge in [0, 0.05) is 6.54 Å². The van der Waals surface area contributed by atoms with E-state index in [1.165, 1.54) is 4.90 Å². The van der Waals surface area contributed by atoms with Gasteiger partial charge in [0.05, 0.1) is 29.9 Å². The summed E-state index contributed by atoms with van der Waals surface area (Å²) in [5.74, 6) is -2.89. The zero-order valence-electron chi connectivity index (χ0n) is 9.70. The number of hydrogen-bond donors (Lipinski definition) is 0. The number of ether oxygens (including phenoxy) is 1. The van der Waals surface area contributed by atoms with Crippen LogP contribution < -0.4 is 0 Å². The van der Waals surface area contributed by atoms with Crippen molar-refractivity contribution in [1.82, 2.24) is 4.90 Å². The van der Waals surface area contributed by atoms with Crippen molar-refractivity contribution >= 4 is 17.5 Å². The van der Waals surface area contributed by atoms with Gasteiger partial charge in [-0.3, -0.25) is 4.79 Å². The van der Waals surface area contributed by atoms with E-state index in [1.807, 2.05) is 6.07 Å². The smallest absolute Gasteiger partial charge is 0.256 e. The van der Waals surface area contributed by atoms with Crippen LogP contribution in [0.1, 0.15) is 10.4 Å². The van der Waals surface area contributed by atoms with E-state index in [4.69, 9.17) is 21.6 Å². The number of morpholine rings is 1. The average molecular weight is 287 g/mol. The van der Waals surface area contributed by atoms with E-state index in [9.17, 15) is 13.6 Å². The minimum absolute atomic E-state index is 0.0868. The van der Waals surface area contributed by atoms with Gasteiger partial charge in [-0.05, 0) is 12.1 Å². The van der Waals surface area contributed by atoms with Gasteiger partial charge >= 0.3 is 0 Å². The first kappa shape index (κ1) is 13.7. The lowest BCUT2D eigenvalue weighted by atomic mass is 10.1. The molecule has 0 aromatic heterocycles. The minimum Gasteiger partial charge on any atom is -0.376 e. The zero-order valence-corrected chi connectivity index (χ0v) is 10.5. The van der Waals surface area contributed by atoms with Crippen LogP contribution in [0, 0.1) is 23.0 Å². The highest BCUT2D eigenvalue weighted by Crippen LogP contribution is 2.23. The Labute approximate surface area is 113 Å². The molecule has 100 valence electrons. The first-order valence-electron chi connectivity index (χ1n) is 5.47. The number of rotatable bonds is 1. The van der Waals surface area contributed by atoms with Gasteiger partial charge in [-0.2, -0.15) is 5.26 Å². The van der Waals surface area contributed by atoms with Crippen molar-refractivity contribution in [3.8, 4) is 6.07 Å². The van der Waals surface area contributed by atoms with E-state index in [1.54, 1.807) is 0 Å². The van der Waals surface area contributed by atoms with E-state index in [0.29, 0.717) is 0 Å². The molecule has 0 saturated carbocycles. The zero-order chi connectivity index (χ0) is 14.0. The Kier molecular flexibility index (Phi) is 3.98. The molecule has 1 aromatic carbocycles.